The minimum atomic E-state index is 0.151. The van der Waals surface area contributed by atoms with Gasteiger partial charge in [0.05, 0.1) is 0 Å². The van der Waals surface area contributed by atoms with Gasteiger partial charge in [-0.2, -0.15) is 0 Å². The van der Waals surface area contributed by atoms with Gasteiger partial charge < -0.3 is 5.73 Å². The molecule has 1 fully saturated rings. The van der Waals surface area contributed by atoms with Gasteiger partial charge in [0, 0.05) is 18.6 Å². The second kappa shape index (κ2) is 5.26. The Bertz CT molecular complexity index is 421. The third kappa shape index (κ3) is 2.56. The Morgan fingerprint density at radius 1 is 1.16 bits per heavy atom. The van der Waals surface area contributed by atoms with Crippen molar-refractivity contribution in [1.29, 1.82) is 0 Å². The molecule has 0 spiro atoms. The van der Waals surface area contributed by atoms with Crippen molar-refractivity contribution in [3.8, 4) is 0 Å². The second-order valence-corrected chi connectivity index (χ2v) is 6.81. The lowest BCUT2D eigenvalue weighted by atomic mass is 9.73. The predicted molar refractivity (Wildman–Crippen MR) is 82.1 cm³/mol. The molecule has 2 heteroatoms. The average molecular weight is 260 g/mol. The van der Waals surface area contributed by atoms with Crippen molar-refractivity contribution in [2.45, 2.75) is 52.1 Å². The van der Waals surface area contributed by atoms with Crippen LogP contribution in [0.5, 0.6) is 0 Å². The fourth-order valence-electron chi connectivity index (χ4n) is 3.75. The van der Waals surface area contributed by atoms with E-state index in [1.807, 2.05) is 0 Å². The molecule has 2 N–H and O–H groups in total. The van der Waals surface area contributed by atoms with E-state index in [-0.39, 0.29) is 5.54 Å². The van der Waals surface area contributed by atoms with Gasteiger partial charge in [0.25, 0.3) is 0 Å². The molecule has 1 saturated carbocycles. The first-order chi connectivity index (χ1) is 8.91. The molecule has 0 bridgehead atoms. The van der Waals surface area contributed by atoms with Gasteiger partial charge >= 0.3 is 0 Å². The Balaban J connectivity index is 2.18. The molecule has 1 aromatic rings. The molecule has 0 amide bonds. The highest BCUT2D eigenvalue weighted by Crippen LogP contribution is 2.48. The van der Waals surface area contributed by atoms with E-state index in [9.17, 15) is 0 Å². The first kappa shape index (κ1) is 14.5. The molecular formula is C17H28N2. The molecule has 0 saturated heterocycles. The smallest absolute Gasteiger partial charge is 0.0383 e. The van der Waals surface area contributed by atoms with E-state index in [1.165, 1.54) is 30.4 Å². The maximum Gasteiger partial charge on any atom is 0.0383 e. The fourth-order valence-corrected chi connectivity index (χ4v) is 3.75. The van der Waals surface area contributed by atoms with Crippen LogP contribution in [0.2, 0.25) is 0 Å². The summed E-state index contributed by atoms with van der Waals surface area (Å²) in [4.78, 5) is 2.49. The summed E-state index contributed by atoms with van der Waals surface area (Å²) in [6.45, 7) is 8.62. The van der Waals surface area contributed by atoms with Crippen LogP contribution in [0.15, 0.2) is 24.3 Å². The standard InChI is InChI=1S/C17H28N2/c1-14-6-8-15(9-7-14)12-19(4)17(13-18)11-5-10-16(17,2)3/h6-9H,5,10-13,18H2,1-4H3. The first-order valence-electron chi connectivity index (χ1n) is 7.38. The number of nitrogens with zero attached hydrogens (tertiary/aromatic N) is 1. The Labute approximate surface area is 118 Å². The van der Waals surface area contributed by atoms with Gasteiger partial charge in [-0.05, 0) is 37.8 Å². The van der Waals surface area contributed by atoms with E-state index in [0.29, 0.717) is 5.41 Å². The minimum Gasteiger partial charge on any atom is -0.329 e. The zero-order valence-corrected chi connectivity index (χ0v) is 12.9. The van der Waals surface area contributed by atoms with E-state index in [1.54, 1.807) is 0 Å². The molecule has 106 valence electrons. The van der Waals surface area contributed by atoms with Crippen LogP contribution in [0.4, 0.5) is 0 Å². The summed E-state index contributed by atoms with van der Waals surface area (Å²) in [5, 5.41) is 0. The SMILES string of the molecule is Cc1ccc(CN(C)C2(CN)CCCC2(C)C)cc1. The van der Waals surface area contributed by atoms with Gasteiger partial charge in [0.1, 0.15) is 0 Å². The summed E-state index contributed by atoms with van der Waals surface area (Å²) < 4.78 is 0. The maximum absolute atomic E-state index is 6.18. The van der Waals surface area contributed by atoms with E-state index in [2.05, 4.69) is 57.0 Å². The highest BCUT2D eigenvalue weighted by Gasteiger charge is 2.50. The number of rotatable bonds is 4. The van der Waals surface area contributed by atoms with Crippen molar-refractivity contribution >= 4 is 0 Å². The highest BCUT2D eigenvalue weighted by atomic mass is 15.2. The molecular weight excluding hydrogens is 232 g/mol. The molecule has 0 aromatic heterocycles. The number of benzene rings is 1. The molecule has 19 heavy (non-hydrogen) atoms. The number of hydrogen-bond acceptors (Lipinski definition) is 2. The summed E-state index contributed by atoms with van der Waals surface area (Å²) in [6.07, 6.45) is 3.80. The van der Waals surface area contributed by atoms with E-state index >= 15 is 0 Å². The third-order valence-electron chi connectivity index (χ3n) is 5.26. The summed E-state index contributed by atoms with van der Waals surface area (Å²) in [6, 6.07) is 8.85. The average Bonchev–Trinajstić information content (AvgIpc) is 2.68. The summed E-state index contributed by atoms with van der Waals surface area (Å²) >= 11 is 0. The van der Waals surface area contributed by atoms with Gasteiger partial charge in [-0.25, -0.2) is 0 Å². The van der Waals surface area contributed by atoms with Gasteiger partial charge in [0.15, 0.2) is 0 Å². The number of likely N-dealkylation sites (N-methyl/N-ethyl adjacent to an activating group) is 1. The maximum atomic E-state index is 6.18. The van der Waals surface area contributed by atoms with Crippen LogP contribution >= 0.6 is 0 Å². The van der Waals surface area contributed by atoms with Crippen LogP contribution in [0.3, 0.4) is 0 Å². The lowest BCUT2D eigenvalue weighted by molar-refractivity contribution is 0.0276. The number of nitrogens with two attached hydrogens (primary N) is 1. The summed E-state index contributed by atoms with van der Waals surface area (Å²) in [7, 11) is 2.24. The van der Waals surface area contributed by atoms with Crippen molar-refractivity contribution in [3.05, 3.63) is 35.4 Å². The van der Waals surface area contributed by atoms with Gasteiger partial charge in [-0.3, -0.25) is 4.90 Å². The molecule has 0 radical (unpaired) electrons. The van der Waals surface area contributed by atoms with Crippen LogP contribution in [0.25, 0.3) is 0 Å². The lowest BCUT2D eigenvalue weighted by Gasteiger charge is -2.48. The number of hydrogen-bond donors (Lipinski definition) is 1. The molecule has 0 heterocycles. The molecule has 1 aliphatic rings. The van der Waals surface area contributed by atoms with Crippen molar-refractivity contribution in [1.82, 2.24) is 4.90 Å². The minimum absolute atomic E-state index is 0.151. The van der Waals surface area contributed by atoms with Crippen LogP contribution in [-0.2, 0) is 6.54 Å². The molecule has 2 rings (SSSR count). The number of aryl methyl sites for hydroxylation is 1. The fraction of sp³-hybridized carbons (Fsp3) is 0.647. The Morgan fingerprint density at radius 3 is 2.26 bits per heavy atom. The largest absolute Gasteiger partial charge is 0.329 e. The zero-order chi connectivity index (χ0) is 14.1. The summed E-state index contributed by atoms with van der Waals surface area (Å²) in [5.41, 5.74) is 9.34. The summed E-state index contributed by atoms with van der Waals surface area (Å²) in [5.74, 6) is 0. The van der Waals surface area contributed by atoms with Crippen molar-refractivity contribution < 1.29 is 0 Å². The normalized spacial score (nSPS) is 26.0. The monoisotopic (exact) mass is 260 g/mol. The van der Waals surface area contributed by atoms with Crippen LogP contribution in [-0.4, -0.2) is 24.0 Å². The van der Waals surface area contributed by atoms with Crippen LogP contribution in [0, 0.1) is 12.3 Å². The molecule has 1 aliphatic carbocycles. The lowest BCUT2D eigenvalue weighted by Crippen LogP contribution is -2.57. The van der Waals surface area contributed by atoms with E-state index < -0.39 is 0 Å². The van der Waals surface area contributed by atoms with Crippen molar-refractivity contribution in [2.24, 2.45) is 11.1 Å². The first-order valence-corrected chi connectivity index (χ1v) is 7.38. The van der Waals surface area contributed by atoms with Crippen molar-refractivity contribution in [3.63, 3.8) is 0 Å². The van der Waals surface area contributed by atoms with Gasteiger partial charge in [-0.1, -0.05) is 50.1 Å². The quantitative estimate of drug-likeness (QED) is 0.899. The Kier molecular flexibility index (Phi) is 4.03. The Hall–Kier alpha value is -0.860. The second-order valence-electron chi connectivity index (χ2n) is 6.81. The predicted octanol–water partition coefficient (Wildman–Crippen LogP) is 3.33. The molecule has 1 aromatic carbocycles. The van der Waals surface area contributed by atoms with Crippen LogP contribution in [0.1, 0.15) is 44.2 Å². The van der Waals surface area contributed by atoms with E-state index in [4.69, 9.17) is 5.73 Å². The third-order valence-corrected chi connectivity index (χ3v) is 5.26. The molecule has 1 atom stereocenters. The van der Waals surface area contributed by atoms with Crippen LogP contribution < -0.4 is 5.73 Å². The van der Waals surface area contributed by atoms with E-state index in [0.717, 1.165) is 13.1 Å². The molecule has 2 nitrogen and oxygen atoms in total. The topological polar surface area (TPSA) is 29.3 Å². The highest BCUT2D eigenvalue weighted by molar-refractivity contribution is 5.22. The zero-order valence-electron chi connectivity index (χ0n) is 12.9. The van der Waals surface area contributed by atoms with Gasteiger partial charge in [0.2, 0.25) is 0 Å². The molecule has 1 unspecified atom stereocenters. The van der Waals surface area contributed by atoms with Gasteiger partial charge in [-0.15, -0.1) is 0 Å². The van der Waals surface area contributed by atoms with Crippen molar-refractivity contribution in [2.75, 3.05) is 13.6 Å². The molecule has 0 aliphatic heterocycles. The Morgan fingerprint density at radius 2 is 1.79 bits per heavy atom.